The number of Topliss-reactive ketones (excluding diaryl/α,β-unsaturated/α-hetero) is 1. The first-order valence-electron chi connectivity index (χ1n) is 10.4. The second-order valence-corrected chi connectivity index (χ2v) is 9.14. The molecular formula is C21H36N2O2S. The predicted molar refractivity (Wildman–Crippen MR) is 112 cm³/mol. The summed E-state index contributed by atoms with van der Waals surface area (Å²) in [5.74, 6) is 1.89. The summed E-state index contributed by atoms with van der Waals surface area (Å²) in [6, 6.07) is 0. The summed E-state index contributed by atoms with van der Waals surface area (Å²) in [5.41, 5.74) is 3.01. The molecule has 26 heavy (non-hydrogen) atoms. The van der Waals surface area contributed by atoms with Gasteiger partial charge in [-0.25, -0.2) is 0 Å². The number of carbonyl (C=O) groups excluding carboxylic acids is 1. The van der Waals surface area contributed by atoms with Gasteiger partial charge in [-0.3, -0.25) is 4.79 Å². The molecule has 4 nitrogen and oxygen atoms in total. The average molecular weight is 381 g/mol. The molecule has 0 bridgehead atoms. The number of nitrogens with zero attached hydrogens (tertiary/aromatic N) is 2. The van der Waals surface area contributed by atoms with E-state index in [-0.39, 0.29) is 5.78 Å². The maximum absolute atomic E-state index is 13.2. The fraction of sp³-hybridized carbons (Fsp3) is 0.810. The van der Waals surface area contributed by atoms with Crippen molar-refractivity contribution in [2.45, 2.75) is 77.9 Å². The molecule has 0 aromatic carbocycles. The number of allylic oxidation sites excluding steroid dienone is 2. The summed E-state index contributed by atoms with van der Waals surface area (Å²) in [5, 5.41) is 4.97. The minimum atomic E-state index is 0.281. The fourth-order valence-electron chi connectivity index (χ4n) is 4.16. The van der Waals surface area contributed by atoms with Crippen molar-refractivity contribution in [2.24, 2.45) is 11.1 Å². The molecule has 0 aromatic rings. The van der Waals surface area contributed by atoms with E-state index in [1.165, 1.54) is 18.5 Å². The van der Waals surface area contributed by atoms with E-state index in [9.17, 15) is 4.79 Å². The normalized spacial score (nSPS) is 22.9. The molecule has 2 rings (SSSR count). The zero-order chi connectivity index (χ0) is 18.9. The lowest BCUT2D eigenvalue weighted by atomic mass is 9.81. The highest BCUT2D eigenvalue weighted by molar-refractivity contribution is 7.99. The van der Waals surface area contributed by atoms with Crippen molar-refractivity contribution in [1.29, 1.82) is 0 Å². The Kier molecular flexibility index (Phi) is 9.03. The van der Waals surface area contributed by atoms with Gasteiger partial charge in [0.25, 0.3) is 0 Å². The highest BCUT2D eigenvalue weighted by Gasteiger charge is 2.34. The highest BCUT2D eigenvalue weighted by Crippen LogP contribution is 2.36. The van der Waals surface area contributed by atoms with E-state index < -0.39 is 0 Å². The SMILES string of the molecule is CCC/C(=N/OCC)C1=C(N2CCCC2)C[C@@H](C[C@H](C)SCC)CC1=O. The first-order chi connectivity index (χ1) is 12.6. The summed E-state index contributed by atoms with van der Waals surface area (Å²) in [4.78, 5) is 21.0. The second kappa shape index (κ2) is 11.0. The van der Waals surface area contributed by atoms with E-state index in [0.29, 0.717) is 24.2 Å². The Hall–Kier alpha value is -0.970. The van der Waals surface area contributed by atoms with Crippen LogP contribution in [0.3, 0.4) is 0 Å². The van der Waals surface area contributed by atoms with Crippen LogP contribution < -0.4 is 0 Å². The number of hydrogen-bond donors (Lipinski definition) is 0. The topological polar surface area (TPSA) is 41.9 Å². The lowest BCUT2D eigenvalue weighted by Gasteiger charge is -2.33. The largest absolute Gasteiger partial charge is 0.396 e. The molecule has 5 heteroatoms. The maximum atomic E-state index is 13.2. The van der Waals surface area contributed by atoms with Crippen LogP contribution in [0, 0.1) is 5.92 Å². The molecular weight excluding hydrogens is 344 g/mol. The number of ketones is 1. The van der Waals surface area contributed by atoms with Crippen LogP contribution in [0.5, 0.6) is 0 Å². The van der Waals surface area contributed by atoms with E-state index in [1.807, 2.05) is 18.7 Å². The Labute approximate surface area is 163 Å². The number of likely N-dealkylation sites (tertiary alicyclic amines) is 1. The molecule has 0 amide bonds. The molecule has 0 unspecified atom stereocenters. The number of hydrogen-bond acceptors (Lipinski definition) is 5. The number of oxime groups is 1. The van der Waals surface area contributed by atoms with Crippen molar-refractivity contribution in [3.05, 3.63) is 11.3 Å². The second-order valence-electron chi connectivity index (χ2n) is 7.42. The number of thioether (sulfide) groups is 1. The van der Waals surface area contributed by atoms with Gasteiger partial charge < -0.3 is 9.74 Å². The Morgan fingerprint density at radius 1 is 1.27 bits per heavy atom. The zero-order valence-electron chi connectivity index (χ0n) is 17.1. The summed E-state index contributed by atoms with van der Waals surface area (Å²) in [6.45, 7) is 11.3. The predicted octanol–water partition coefficient (Wildman–Crippen LogP) is 5.04. The lowest BCUT2D eigenvalue weighted by Crippen LogP contribution is -2.33. The first kappa shape index (κ1) is 21.3. The molecule has 1 heterocycles. The molecule has 0 spiro atoms. The smallest absolute Gasteiger partial charge is 0.166 e. The molecule has 0 aromatic heterocycles. The van der Waals surface area contributed by atoms with Gasteiger partial charge in [0.2, 0.25) is 0 Å². The van der Waals surface area contributed by atoms with Crippen LogP contribution in [-0.4, -0.2) is 47.1 Å². The van der Waals surface area contributed by atoms with E-state index >= 15 is 0 Å². The van der Waals surface area contributed by atoms with Crippen LogP contribution in [0.2, 0.25) is 0 Å². The van der Waals surface area contributed by atoms with Crippen molar-refractivity contribution in [3.8, 4) is 0 Å². The van der Waals surface area contributed by atoms with Crippen LogP contribution in [0.4, 0.5) is 0 Å². The molecule has 0 radical (unpaired) electrons. The van der Waals surface area contributed by atoms with Crippen LogP contribution in [0.25, 0.3) is 0 Å². The van der Waals surface area contributed by atoms with Crippen molar-refractivity contribution >= 4 is 23.3 Å². The summed E-state index contributed by atoms with van der Waals surface area (Å²) in [7, 11) is 0. The maximum Gasteiger partial charge on any atom is 0.166 e. The lowest BCUT2D eigenvalue weighted by molar-refractivity contribution is -0.116. The van der Waals surface area contributed by atoms with Crippen LogP contribution in [0.1, 0.15) is 72.6 Å². The van der Waals surface area contributed by atoms with Gasteiger partial charge in [-0.15, -0.1) is 0 Å². The van der Waals surface area contributed by atoms with Crippen molar-refractivity contribution < 1.29 is 9.63 Å². The Bertz CT molecular complexity index is 524. The summed E-state index contributed by atoms with van der Waals surface area (Å²) in [6.07, 6.45) is 7.04. The highest BCUT2D eigenvalue weighted by atomic mass is 32.2. The van der Waals surface area contributed by atoms with Crippen LogP contribution >= 0.6 is 11.8 Å². The van der Waals surface area contributed by atoms with Crippen LogP contribution in [0.15, 0.2) is 16.4 Å². The van der Waals surface area contributed by atoms with Crippen molar-refractivity contribution in [2.75, 3.05) is 25.4 Å². The van der Waals surface area contributed by atoms with Gasteiger partial charge >= 0.3 is 0 Å². The van der Waals surface area contributed by atoms with Gasteiger partial charge in [0.05, 0.1) is 11.3 Å². The van der Waals surface area contributed by atoms with Gasteiger partial charge in [-0.05, 0) is 50.7 Å². The molecule has 1 saturated heterocycles. The third kappa shape index (κ3) is 5.77. The third-order valence-corrected chi connectivity index (χ3v) is 6.30. The Morgan fingerprint density at radius 3 is 2.62 bits per heavy atom. The third-order valence-electron chi connectivity index (χ3n) is 5.21. The van der Waals surface area contributed by atoms with E-state index in [2.05, 4.69) is 30.8 Å². The molecule has 0 saturated carbocycles. The quantitative estimate of drug-likeness (QED) is 0.393. The molecule has 148 valence electrons. The zero-order valence-corrected chi connectivity index (χ0v) is 17.9. The van der Waals surface area contributed by atoms with Gasteiger partial charge in [0.15, 0.2) is 5.78 Å². The van der Waals surface area contributed by atoms with Crippen molar-refractivity contribution in [1.82, 2.24) is 4.90 Å². The Balaban J connectivity index is 2.30. The Morgan fingerprint density at radius 2 is 2.00 bits per heavy atom. The minimum absolute atomic E-state index is 0.281. The van der Waals surface area contributed by atoms with Crippen molar-refractivity contribution in [3.63, 3.8) is 0 Å². The van der Waals surface area contributed by atoms with Gasteiger partial charge in [-0.2, -0.15) is 11.8 Å². The minimum Gasteiger partial charge on any atom is -0.396 e. The van der Waals surface area contributed by atoms with Crippen LogP contribution in [-0.2, 0) is 9.63 Å². The molecule has 1 aliphatic carbocycles. The van der Waals surface area contributed by atoms with E-state index in [4.69, 9.17) is 4.84 Å². The fourth-order valence-corrected chi connectivity index (χ4v) is 5.14. The van der Waals surface area contributed by atoms with Gasteiger partial charge in [-0.1, -0.05) is 32.3 Å². The summed E-state index contributed by atoms with van der Waals surface area (Å²) < 4.78 is 0. The number of rotatable bonds is 10. The number of carbonyl (C=O) groups is 1. The van der Waals surface area contributed by atoms with E-state index in [1.54, 1.807) is 0 Å². The van der Waals surface area contributed by atoms with Gasteiger partial charge in [0.1, 0.15) is 6.61 Å². The molecule has 1 aliphatic heterocycles. The molecule has 1 fully saturated rings. The molecule has 2 aliphatic rings. The van der Waals surface area contributed by atoms with E-state index in [0.717, 1.165) is 55.8 Å². The molecule has 2 atom stereocenters. The molecule has 0 N–H and O–H groups in total. The van der Waals surface area contributed by atoms with Gasteiger partial charge in [0, 0.05) is 30.5 Å². The standard InChI is InChI=1S/C21H36N2O2S/c1-5-10-18(22-25-6-2)21-19(23-11-8-9-12-23)14-17(15-20(21)24)13-16(4)26-7-3/h16-17H,5-15H2,1-4H3/b22-18-/t16-,17+/m0/s1. The first-order valence-corrected chi connectivity index (χ1v) is 11.5. The average Bonchev–Trinajstić information content (AvgIpc) is 3.13. The monoisotopic (exact) mass is 380 g/mol. The summed E-state index contributed by atoms with van der Waals surface area (Å²) >= 11 is 2.00.